The van der Waals surface area contributed by atoms with Gasteiger partial charge in [0.15, 0.2) is 0 Å². The van der Waals surface area contributed by atoms with Crippen molar-refractivity contribution in [1.82, 2.24) is 0 Å². The summed E-state index contributed by atoms with van der Waals surface area (Å²) in [6, 6.07) is 0. The van der Waals surface area contributed by atoms with Crippen LogP contribution in [0, 0.1) is 5.92 Å². The first-order valence-corrected chi connectivity index (χ1v) is 4.71. The maximum Gasteiger partial charge on any atom is 0.334 e. The first-order valence-electron chi connectivity index (χ1n) is 4.71. The third-order valence-corrected chi connectivity index (χ3v) is 1.78. The van der Waals surface area contributed by atoms with E-state index in [2.05, 4.69) is 4.74 Å². The molecule has 6 nitrogen and oxygen atoms in total. The lowest BCUT2D eigenvalue weighted by molar-refractivity contribution is -0.142. The second-order valence-corrected chi connectivity index (χ2v) is 3.17. The summed E-state index contributed by atoms with van der Waals surface area (Å²) in [6.45, 7) is 3.07. The van der Waals surface area contributed by atoms with E-state index in [0.29, 0.717) is 6.08 Å². The molecular weight excluding hydrogens is 216 g/mol. The van der Waals surface area contributed by atoms with Crippen molar-refractivity contribution in [3.05, 3.63) is 11.6 Å². The maximum atomic E-state index is 11.3. The second kappa shape index (κ2) is 6.60. The van der Waals surface area contributed by atoms with E-state index in [0.717, 1.165) is 0 Å². The lowest BCUT2D eigenvalue weighted by atomic mass is 10.0. The van der Waals surface area contributed by atoms with Gasteiger partial charge < -0.3 is 14.9 Å². The molecule has 1 atom stereocenters. The van der Waals surface area contributed by atoms with Gasteiger partial charge in [-0.05, 0) is 13.3 Å². The fourth-order valence-corrected chi connectivity index (χ4v) is 0.991. The Bertz CT molecular complexity index is 317. The molecule has 0 spiro atoms. The van der Waals surface area contributed by atoms with Gasteiger partial charge in [-0.1, -0.05) is 6.92 Å². The minimum absolute atomic E-state index is 0.108. The average Bonchev–Trinajstić information content (AvgIpc) is 2.16. The Labute approximate surface area is 92.5 Å². The summed E-state index contributed by atoms with van der Waals surface area (Å²) >= 11 is 0. The molecule has 2 N–H and O–H groups in total. The van der Waals surface area contributed by atoms with E-state index in [1.165, 1.54) is 6.92 Å². The first kappa shape index (κ1) is 14.2. The minimum atomic E-state index is -1.30. The quantitative estimate of drug-likeness (QED) is 0.513. The van der Waals surface area contributed by atoms with Gasteiger partial charge in [-0.2, -0.15) is 0 Å². The number of esters is 1. The molecule has 0 saturated heterocycles. The largest absolute Gasteiger partial charge is 0.481 e. The highest BCUT2D eigenvalue weighted by molar-refractivity contribution is 5.96. The van der Waals surface area contributed by atoms with Crippen LogP contribution in [0.25, 0.3) is 0 Å². The number of carbonyl (C=O) groups excluding carboxylic acids is 1. The Morgan fingerprint density at radius 3 is 2.25 bits per heavy atom. The average molecular weight is 230 g/mol. The number of carboxylic acids is 2. The highest BCUT2D eigenvalue weighted by atomic mass is 16.5. The van der Waals surface area contributed by atoms with Crippen LogP contribution in [-0.2, 0) is 19.1 Å². The van der Waals surface area contributed by atoms with Gasteiger partial charge in [0.2, 0.25) is 0 Å². The molecule has 0 aromatic rings. The number of hydrogen-bond donors (Lipinski definition) is 2. The fraction of sp³-hybridized carbons (Fsp3) is 0.500. The number of carboxylic acid groups (broad SMARTS) is 2. The molecule has 0 heterocycles. The van der Waals surface area contributed by atoms with Crippen molar-refractivity contribution in [2.45, 2.75) is 20.3 Å². The van der Waals surface area contributed by atoms with Crippen LogP contribution in [0.5, 0.6) is 0 Å². The molecule has 90 valence electrons. The SMILES string of the molecule is CCOC(=O)/C(=C\C(=O)O)CC(C)C(=O)O. The van der Waals surface area contributed by atoms with Crippen molar-refractivity contribution < 1.29 is 29.3 Å². The molecule has 0 radical (unpaired) electrons. The Morgan fingerprint density at radius 2 is 1.88 bits per heavy atom. The molecule has 0 bridgehead atoms. The van der Waals surface area contributed by atoms with E-state index >= 15 is 0 Å². The number of ether oxygens (including phenoxy) is 1. The smallest absolute Gasteiger partial charge is 0.334 e. The Balaban J connectivity index is 4.76. The van der Waals surface area contributed by atoms with Crippen molar-refractivity contribution >= 4 is 17.9 Å². The standard InChI is InChI=1S/C10H14O6/c1-3-16-10(15)7(5-8(11)12)4-6(2)9(13)14/h5-6H,3-4H2,1-2H3,(H,11,12)(H,13,14)/b7-5-. The highest BCUT2D eigenvalue weighted by Crippen LogP contribution is 2.13. The molecular formula is C10H14O6. The third-order valence-electron chi connectivity index (χ3n) is 1.78. The normalized spacial score (nSPS) is 13.0. The van der Waals surface area contributed by atoms with E-state index in [4.69, 9.17) is 10.2 Å². The predicted octanol–water partition coefficient (Wildman–Crippen LogP) is 0.671. The highest BCUT2D eigenvalue weighted by Gasteiger charge is 2.19. The van der Waals surface area contributed by atoms with Gasteiger partial charge >= 0.3 is 17.9 Å². The number of aliphatic carboxylic acids is 2. The zero-order valence-corrected chi connectivity index (χ0v) is 9.10. The topological polar surface area (TPSA) is 101 Å². The lowest BCUT2D eigenvalue weighted by Gasteiger charge is -2.08. The molecule has 0 amide bonds. The summed E-state index contributed by atoms with van der Waals surface area (Å²) < 4.78 is 4.62. The molecule has 0 aliphatic rings. The van der Waals surface area contributed by atoms with Gasteiger partial charge in [0.05, 0.1) is 12.5 Å². The van der Waals surface area contributed by atoms with Gasteiger partial charge in [-0.3, -0.25) is 4.79 Å². The Morgan fingerprint density at radius 1 is 1.31 bits per heavy atom. The third kappa shape index (κ3) is 5.14. The van der Waals surface area contributed by atoms with Crippen molar-refractivity contribution in [1.29, 1.82) is 0 Å². The summed E-state index contributed by atoms with van der Waals surface area (Å²) in [7, 11) is 0. The van der Waals surface area contributed by atoms with Crippen LogP contribution >= 0.6 is 0 Å². The van der Waals surface area contributed by atoms with Gasteiger partial charge in [0.25, 0.3) is 0 Å². The van der Waals surface area contributed by atoms with E-state index in [-0.39, 0.29) is 18.6 Å². The predicted molar refractivity (Wildman–Crippen MR) is 53.8 cm³/mol. The Hall–Kier alpha value is -1.85. The molecule has 0 saturated carbocycles. The maximum absolute atomic E-state index is 11.3. The zero-order valence-electron chi connectivity index (χ0n) is 9.10. The second-order valence-electron chi connectivity index (χ2n) is 3.17. The molecule has 0 aromatic heterocycles. The summed E-state index contributed by atoms with van der Waals surface area (Å²) in [5.41, 5.74) is -0.149. The van der Waals surface area contributed by atoms with Crippen LogP contribution in [0.15, 0.2) is 11.6 Å². The molecule has 1 unspecified atom stereocenters. The van der Waals surface area contributed by atoms with Crippen LogP contribution in [0.3, 0.4) is 0 Å². The van der Waals surface area contributed by atoms with Crippen LogP contribution in [-0.4, -0.2) is 34.7 Å². The number of carbonyl (C=O) groups is 3. The molecule has 16 heavy (non-hydrogen) atoms. The summed E-state index contributed by atoms with van der Waals surface area (Å²) in [6.07, 6.45) is 0.512. The summed E-state index contributed by atoms with van der Waals surface area (Å²) in [4.78, 5) is 32.3. The molecule has 0 aromatic carbocycles. The van der Waals surface area contributed by atoms with Gasteiger partial charge in [-0.25, -0.2) is 9.59 Å². The van der Waals surface area contributed by atoms with E-state index in [1.807, 2.05) is 0 Å². The zero-order chi connectivity index (χ0) is 12.7. The van der Waals surface area contributed by atoms with Crippen molar-refractivity contribution in [2.24, 2.45) is 5.92 Å². The fourth-order valence-electron chi connectivity index (χ4n) is 0.991. The minimum Gasteiger partial charge on any atom is -0.481 e. The van der Waals surface area contributed by atoms with Crippen molar-refractivity contribution in [2.75, 3.05) is 6.61 Å². The van der Waals surface area contributed by atoms with Crippen LogP contribution in [0.4, 0.5) is 0 Å². The Kier molecular flexibility index (Phi) is 5.84. The lowest BCUT2D eigenvalue weighted by Crippen LogP contribution is -2.16. The number of hydrogen-bond acceptors (Lipinski definition) is 4. The van der Waals surface area contributed by atoms with E-state index in [9.17, 15) is 14.4 Å². The van der Waals surface area contributed by atoms with Gasteiger partial charge in [0.1, 0.15) is 0 Å². The monoisotopic (exact) mass is 230 g/mol. The molecule has 0 rings (SSSR count). The number of rotatable bonds is 6. The molecule has 0 fully saturated rings. The van der Waals surface area contributed by atoms with Gasteiger partial charge in [0, 0.05) is 11.6 Å². The summed E-state index contributed by atoms with van der Waals surface area (Å²) in [5, 5.41) is 17.2. The summed E-state index contributed by atoms with van der Waals surface area (Å²) in [5.74, 6) is -4.03. The first-order chi connectivity index (χ1) is 7.38. The van der Waals surface area contributed by atoms with E-state index < -0.39 is 23.8 Å². The van der Waals surface area contributed by atoms with Crippen molar-refractivity contribution in [3.63, 3.8) is 0 Å². The molecule has 0 aliphatic heterocycles. The van der Waals surface area contributed by atoms with Gasteiger partial charge in [-0.15, -0.1) is 0 Å². The van der Waals surface area contributed by atoms with Crippen molar-refractivity contribution in [3.8, 4) is 0 Å². The van der Waals surface area contributed by atoms with Crippen LogP contribution in [0.2, 0.25) is 0 Å². The van der Waals surface area contributed by atoms with Crippen LogP contribution in [0.1, 0.15) is 20.3 Å². The van der Waals surface area contributed by atoms with Crippen LogP contribution < -0.4 is 0 Å². The molecule has 6 heteroatoms. The van der Waals surface area contributed by atoms with E-state index in [1.54, 1.807) is 6.92 Å². The molecule has 0 aliphatic carbocycles.